The predicted octanol–water partition coefficient (Wildman–Crippen LogP) is 0.215. The van der Waals surface area contributed by atoms with E-state index in [1.807, 2.05) is 0 Å². The van der Waals surface area contributed by atoms with Crippen molar-refractivity contribution in [2.24, 2.45) is 5.92 Å². The van der Waals surface area contributed by atoms with Crippen LogP contribution in [0, 0.1) is 5.92 Å². The quantitative estimate of drug-likeness (QED) is 0.587. The molecule has 12 heavy (non-hydrogen) atoms. The first-order chi connectivity index (χ1) is 5.74. The Labute approximate surface area is 71.9 Å². The number of carbonyl (C=O) groups is 1. The van der Waals surface area contributed by atoms with E-state index < -0.39 is 0 Å². The summed E-state index contributed by atoms with van der Waals surface area (Å²) >= 11 is 0. The van der Waals surface area contributed by atoms with E-state index in [9.17, 15) is 9.90 Å². The van der Waals surface area contributed by atoms with Crippen LogP contribution in [0.5, 0.6) is 0 Å². The monoisotopic (exact) mass is 173 g/mol. The molecule has 0 bridgehead atoms. The lowest BCUT2D eigenvalue weighted by Crippen LogP contribution is -2.34. The molecule has 1 fully saturated rings. The lowest BCUT2D eigenvalue weighted by molar-refractivity contribution is -0.137. The zero-order valence-corrected chi connectivity index (χ0v) is 7.25. The zero-order chi connectivity index (χ0) is 8.97. The first kappa shape index (κ1) is 9.48. The number of hydroxylamine groups is 1. The third kappa shape index (κ3) is 2.46. The smallest absolute Gasteiger partial charge is 0.246 e. The SMILES string of the molecule is CONC(=O)C1CCCC(O)C1. The normalized spacial score (nSPS) is 29.8. The molecule has 0 aliphatic heterocycles. The molecule has 0 spiro atoms. The maximum absolute atomic E-state index is 11.2. The van der Waals surface area contributed by atoms with Gasteiger partial charge in [-0.15, -0.1) is 0 Å². The number of aliphatic hydroxyl groups is 1. The summed E-state index contributed by atoms with van der Waals surface area (Å²) in [6, 6.07) is 0. The van der Waals surface area contributed by atoms with Gasteiger partial charge in [-0.3, -0.25) is 9.63 Å². The van der Waals surface area contributed by atoms with Gasteiger partial charge in [-0.25, -0.2) is 5.48 Å². The number of nitrogens with one attached hydrogen (secondary N) is 1. The van der Waals surface area contributed by atoms with Crippen LogP contribution in [0.2, 0.25) is 0 Å². The molecule has 0 heterocycles. The second kappa shape index (κ2) is 4.42. The molecule has 1 aliphatic carbocycles. The lowest BCUT2D eigenvalue weighted by Gasteiger charge is -2.24. The Bertz CT molecular complexity index is 160. The largest absolute Gasteiger partial charge is 0.393 e. The molecule has 1 rings (SSSR count). The van der Waals surface area contributed by atoms with E-state index in [0.717, 1.165) is 19.3 Å². The second-order valence-corrected chi connectivity index (χ2v) is 3.19. The van der Waals surface area contributed by atoms with Gasteiger partial charge >= 0.3 is 0 Å². The van der Waals surface area contributed by atoms with Crippen molar-refractivity contribution in [2.75, 3.05) is 7.11 Å². The van der Waals surface area contributed by atoms with Crippen molar-refractivity contribution in [2.45, 2.75) is 31.8 Å². The van der Waals surface area contributed by atoms with Gasteiger partial charge in [0.2, 0.25) is 5.91 Å². The van der Waals surface area contributed by atoms with Crippen LogP contribution in [0.1, 0.15) is 25.7 Å². The Kier molecular flexibility index (Phi) is 3.49. The van der Waals surface area contributed by atoms with Crippen LogP contribution in [0.3, 0.4) is 0 Å². The lowest BCUT2D eigenvalue weighted by atomic mass is 9.87. The van der Waals surface area contributed by atoms with Gasteiger partial charge in [-0.05, 0) is 19.3 Å². The summed E-state index contributed by atoms with van der Waals surface area (Å²) < 4.78 is 0. The third-order valence-electron chi connectivity index (χ3n) is 2.22. The highest BCUT2D eigenvalue weighted by Crippen LogP contribution is 2.23. The van der Waals surface area contributed by atoms with Gasteiger partial charge in [0.25, 0.3) is 0 Å². The molecule has 0 radical (unpaired) electrons. The Hall–Kier alpha value is -0.610. The fourth-order valence-corrected chi connectivity index (χ4v) is 1.59. The maximum atomic E-state index is 11.2. The molecule has 2 atom stereocenters. The summed E-state index contributed by atoms with van der Waals surface area (Å²) in [5.41, 5.74) is 2.29. The molecular formula is C8H15NO3. The Morgan fingerprint density at radius 1 is 1.58 bits per heavy atom. The number of hydrogen-bond acceptors (Lipinski definition) is 3. The highest BCUT2D eigenvalue weighted by atomic mass is 16.6. The molecule has 0 aromatic carbocycles. The number of carbonyl (C=O) groups excluding carboxylic acids is 1. The summed E-state index contributed by atoms with van der Waals surface area (Å²) in [6.07, 6.45) is 2.84. The summed E-state index contributed by atoms with van der Waals surface area (Å²) in [6.45, 7) is 0. The Balaban J connectivity index is 2.35. The van der Waals surface area contributed by atoms with Gasteiger partial charge in [0, 0.05) is 5.92 Å². The van der Waals surface area contributed by atoms with E-state index in [0.29, 0.717) is 6.42 Å². The van der Waals surface area contributed by atoms with E-state index in [1.165, 1.54) is 7.11 Å². The standard InChI is InChI=1S/C8H15NO3/c1-12-9-8(11)6-3-2-4-7(10)5-6/h6-7,10H,2-5H2,1H3,(H,9,11). The van der Waals surface area contributed by atoms with Gasteiger partial charge in [0.05, 0.1) is 13.2 Å². The fraction of sp³-hybridized carbons (Fsp3) is 0.875. The third-order valence-corrected chi connectivity index (χ3v) is 2.22. The van der Waals surface area contributed by atoms with Crippen molar-refractivity contribution in [3.05, 3.63) is 0 Å². The molecule has 2 N–H and O–H groups in total. The van der Waals surface area contributed by atoms with Crippen LogP contribution >= 0.6 is 0 Å². The van der Waals surface area contributed by atoms with Crippen LogP contribution in [0.25, 0.3) is 0 Å². The molecule has 0 aromatic rings. The summed E-state index contributed by atoms with van der Waals surface area (Å²) in [5, 5.41) is 9.28. The molecule has 2 unspecified atom stereocenters. The number of hydrogen-bond donors (Lipinski definition) is 2. The minimum absolute atomic E-state index is 0.0753. The van der Waals surface area contributed by atoms with Gasteiger partial charge in [-0.1, -0.05) is 6.42 Å². The molecule has 1 saturated carbocycles. The fourth-order valence-electron chi connectivity index (χ4n) is 1.59. The van der Waals surface area contributed by atoms with Crippen molar-refractivity contribution in [3.63, 3.8) is 0 Å². The first-order valence-electron chi connectivity index (χ1n) is 4.25. The maximum Gasteiger partial charge on any atom is 0.246 e. The average molecular weight is 173 g/mol. The van der Waals surface area contributed by atoms with E-state index in [-0.39, 0.29) is 17.9 Å². The number of amides is 1. The molecular weight excluding hydrogens is 158 g/mol. The van der Waals surface area contributed by atoms with Crippen LogP contribution in [0.4, 0.5) is 0 Å². The van der Waals surface area contributed by atoms with E-state index in [1.54, 1.807) is 0 Å². The number of aliphatic hydroxyl groups excluding tert-OH is 1. The van der Waals surface area contributed by atoms with E-state index in [4.69, 9.17) is 0 Å². The van der Waals surface area contributed by atoms with Crippen molar-refractivity contribution < 1.29 is 14.7 Å². The molecule has 70 valence electrons. The Morgan fingerprint density at radius 2 is 2.33 bits per heavy atom. The van der Waals surface area contributed by atoms with Gasteiger partial charge in [0.1, 0.15) is 0 Å². The van der Waals surface area contributed by atoms with Gasteiger partial charge < -0.3 is 5.11 Å². The summed E-state index contributed by atoms with van der Waals surface area (Å²) in [4.78, 5) is 15.7. The second-order valence-electron chi connectivity index (χ2n) is 3.19. The summed E-state index contributed by atoms with van der Waals surface area (Å²) in [7, 11) is 1.41. The van der Waals surface area contributed by atoms with Crippen molar-refractivity contribution >= 4 is 5.91 Å². The van der Waals surface area contributed by atoms with Crippen molar-refractivity contribution in [3.8, 4) is 0 Å². The molecule has 1 aliphatic rings. The van der Waals surface area contributed by atoms with Crippen molar-refractivity contribution in [1.82, 2.24) is 5.48 Å². The highest BCUT2D eigenvalue weighted by molar-refractivity contribution is 5.77. The average Bonchev–Trinajstić information content (AvgIpc) is 2.05. The molecule has 0 saturated heterocycles. The predicted molar refractivity (Wildman–Crippen MR) is 43.1 cm³/mol. The number of rotatable bonds is 2. The highest BCUT2D eigenvalue weighted by Gasteiger charge is 2.25. The minimum Gasteiger partial charge on any atom is -0.393 e. The Morgan fingerprint density at radius 3 is 2.92 bits per heavy atom. The topological polar surface area (TPSA) is 58.6 Å². The van der Waals surface area contributed by atoms with Crippen molar-refractivity contribution in [1.29, 1.82) is 0 Å². The van der Waals surface area contributed by atoms with E-state index >= 15 is 0 Å². The van der Waals surface area contributed by atoms with Crippen LogP contribution < -0.4 is 5.48 Å². The van der Waals surface area contributed by atoms with Crippen LogP contribution in [0.15, 0.2) is 0 Å². The van der Waals surface area contributed by atoms with Crippen LogP contribution in [-0.2, 0) is 9.63 Å². The van der Waals surface area contributed by atoms with Gasteiger partial charge in [-0.2, -0.15) is 0 Å². The first-order valence-corrected chi connectivity index (χ1v) is 4.25. The summed E-state index contributed by atoms with van der Waals surface area (Å²) in [5.74, 6) is -0.190. The van der Waals surface area contributed by atoms with Crippen LogP contribution in [-0.4, -0.2) is 24.2 Å². The van der Waals surface area contributed by atoms with Gasteiger partial charge in [0.15, 0.2) is 0 Å². The molecule has 4 heteroatoms. The molecule has 1 amide bonds. The molecule has 0 aromatic heterocycles. The van der Waals surface area contributed by atoms with E-state index in [2.05, 4.69) is 10.3 Å². The molecule has 4 nitrogen and oxygen atoms in total. The zero-order valence-electron chi connectivity index (χ0n) is 7.25. The minimum atomic E-state index is -0.314.